The number of nitrogens with one attached hydrogen (secondary N) is 1. The van der Waals surface area contributed by atoms with Crippen molar-refractivity contribution in [2.75, 3.05) is 0 Å². The molecule has 0 amide bonds. The summed E-state index contributed by atoms with van der Waals surface area (Å²) in [4.78, 5) is 0. The van der Waals surface area contributed by atoms with Crippen molar-refractivity contribution in [2.45, 2.75) is 18.9 Å². The molecule has 2 aromatic rings. The number of aryl methyl sites for hydroxylation is 1. The molecule has 0 saturated carbocycles. The van der Waals surface area contributed by atoms with E-state index in [9.17, 15) is 4.39 Å². The van der Waals surface area contributed by atoms with Crippen LogP contribution >= 0.6 is 0 Å². The summed E-state index contributed by atoms with van der Waals surface area (Å²) in [6.07, 6.45) is 2.17. The first kappa shape index (κ1) is 11.6. The SMILES string of the molecule is Fc1ccc(C2NN=C3c4ccccc4CCC32)cc1. The lowest BCUT2D eigenvalue weighted by Gasteiger charge is -2.26. The van der Waals surface area contributed by atoms with Crippen molar-refractivity contribution in [1.29, 1.82) is 0 Å². The lowest BCUT2D eigenvalue weighted by atomic mass is 9.77. The largest absolute Gasteiger partial charge is 0.302 e. The van der Waals surface area contributed by atoms with E-state index in [1.54, 1.807) is 0 Å². The summed E-state index contributed by atoms with van der Waals surface area (Å²) in [6, 6.07) is 15.4. The van der Waals surface area contributed by atoms with Gasteiger partial charge in [0, 0.05) is 11.5 Å². The van der Waals surface area contributed by atoms with E-state index in [2.05, 4.69) is 34.8 Å². The van der Waals surface area contributed by atoms with Gasteiger partial charge in [0.25, 0.3) is 0 Å². The highest BCUT2D eigenvalue weighted by Gasteiger charge is 2.36. The summed E-state index contributed by atoms with van der Waals surface area (Å²) in [6.45, 7) is 0. The van der Waals surface area contributed by atoms with Crippen molar-refractivity contribution in [3.63, 3.8) is 0 Å². The third kappa shape index (κ3) is 1.73. The molecule has 1 N–H and O–H groups in total. The number of benzene rings is 2. The predicted molar refractivity (Wildman–Crippen MR) is 77.1 cm³/mol. The van der Waals surface area contributed by atoms with E-state index >= 15 is 0 Å². The number of hydrazone groups is 1. The average Bonchev–Trinajstić information content (AvgIpc) is 2.92. The van der Waals surface area contributed by atoms with Gasteiger partial charge in [0.15, 0.2) is 0 Å². The van der Waals surface area contributed by atoms with E-state index in [0.29, 0.717) is 5.92 Å². The second-order valence-corrected chi connectivity index (χ2v) is 5.46. The van der Waals surface area contributed by atoms with E-state index in [0.717, 1.165) is 24.1 Å². The number of halogens is 1. The molecular weight excluding hydrogens is 251 g/mol. The molecule has 2 nitrogen and oxygen atoms in total. The van der Waals surface area contributed by atoms with Gasteiger partial charge >= 0.3 is 0 Å². The molecule has 100 valence electrons. The van der Waals surface area contributed by atoms with Crippen LogP contribution < -0.4 is 5.43 Å². The highest BCUT2D eigenvalue weighted by Crippen LogP contribution is 2.37. The third-order valence-electron chi connectivity index (χ3n) is 4.32. The Labute approximate surface area is 117 Å². The Morgan fingerprint density at radius 3 is 2.70 bits per heavy atom. The highest BCUT2D eigenvalue weighted by molar-refractivity contribution is 6.05. The number of rotatable bonds is 1. The van der Waals surface area contributed by atoms with Crippen molar-refractivity contribution in [2.24, 2.45) is 11.0 Å². The lowest BCUT2D eigenvalue weighted by Crippen LogP contribution is -2.26. The number of nitrogens with zero attached hydrogens (tertiary/aromatic N) is 1. The van der Waals surface area contributed by atoms with Gasteiger partial charge in [-0.05, 0) is 36.1 Å². The highest BCUT2D eigenvalue weighted by atomic mass is 19.1. The third-order valence-corrected chi connectivity index (χ3v) is 4.32. The molecule has 1 aliphatic heterocycles. The van der Waals surface area contributed by atoms with Gasteiger partial charge < -0.3 is 5.43 Å². The minimum absolute atomic E-state index is 0.166. The summed E-state index contributed by atoms with van der Waals surface area (Å²) < 4.78 is 13.1. The van der Waals surface area contributed by atoms with Crippen LogP contribution in [0.3, 0.4) is 0 Å². The molecule has 0 spiro atoms. The Hall–Kier alpha value is -2.16. The summed E-state index contributed by atoms with van der Waals surface area (Å²) >= 11 is 0. The van der Waals surface area contributed by atoms with Gasteiger partial charge in [-0.2, -0.15) is 5.10 Å². The van der Waals surface area contributed by atoms with Crippen LogP contribution in [0.1, 0.15) is 29.2 Å². The van der Waals surface area contributed by atoms with Crippen LogP contribution in [-0.2, 0) is 6.42 Å². The molecule has 4 rings (SSSR count). The molecule has 3 heteroatoms. The van der Waals surface area contributed by atoms with E-state index in [1.807, 2.05) is 12.1 Å². The minimum Gasteiger partial charge on any atom is -0.302 e. The van der Waals surface area contributed by atoms with E-state index < -0.39 is 0 Å². The Kier molecular flexibility index (Phi) is 2.59. The fourth-order valence-corrected chi connectivity index (χ4v) is 3.31. The van der Waals surface area contributed by atoms with Gasteiger partial charge in [0.2, 0.25) is 0 Å². The Morgan fingerprint density at radius 1 is 1.05 bits per heavy atom. The van der Waals surface area contributed by atoms with Gasteiger partial charge in [-0.1, -0.05) is 36.4 Å². The molecule has 0 aromatic heterocycles. The van der Waals surface area contributed by atoms with Crippen molar-refractivity contribution in [1.82, 2.24) is 5.43 Å². The summed E-state index contributed by atoms with van der Waals surface area (Å²) in [5.74, 6) is 0.192. The molecule has 2 atom stereocenters. The second kappa shape index (κ2) is 4.44. The molecule has 0 bridgehead atoms. The predicted octanol–water partition coefficient (Wildman–Crippen LogP) is 3.44. The molecule has 0 radical (unpaired) electrons. The second-order valence-electron chi connectivity index (χ2n) is 5.46. The van der Waals surface area contributed by atoms with Crippen molar-refractivity contribution in [3.8, 4) is 0 Å². The smallest absolute Gasteiger partial charge is 0.123 e. The first-order valence-electron chi connectivity index (χ1n) is 7.00. The molecule has 2 aliphatic rings. The Balaban J connectivity index is 1.69. The van der Waals surface area contributed by atoms with Crippen LogP contribution in [0.5, 0.6) is 0 Å². The van der Waals surface area contributed by atoms with Gasteiger partial charge in [-0.3, -0.25) is 0 Å². The van der Waals surface area contributed by atoms with E-state index in [-0.39, 0.29) is 11.9 Å². The van der Waals surface area contributed by atoms with Gasteiger partial charge in [0.1, 0.15) is 5.82 Å². The Morgan fingerprint density at radius 2 is 1.85 bits per heavy atom. The maximum Gasteiger partial charge on any atom is 0.123 e. The van der Waals surface area contributed by atoms with E-state index in [1.165, 1.54) is 23.3 Å². The fourth-order valence-electron chi connectivity index (χ4n) is 3.31. The topological polar surface area (TPSA) is 24.4 Å². The van der Waals surface area contributed by atoms with Gasteiger partial charge in [0.05, 0.1) is 11.8 Å². The van der Waals surface area contributed by atoms with Crippen LogP contribution in [-0.4, -0.2) is 5.71 Å². The molecule has 2 aromatic carbocycles. The fraction of sp³-hybridized carbons (Fsp3) is 0.235. The molecule has 0 fully saturated rings. The zero-order valence-corrected chi connectivity index (χ0v) is 11.0. The molecular formula is C17H15FN2. The molecule has 1 heterocycles. The maximum atomic E-state index is 13.1. The number of hydrogen-bond acceptors (Lipinski definition) is 2. The first-order valence-corrected chi connectivity index (χ1v) is 7.00. The maximum absolute atomic E-state index is 13.1. The van der Waals surface area contributed by atoms with Crippen LogP contribution in [0.25, 0.3) is 0 Å². The zero-order chi connectivity index (χ0) is 13.5. The first-order chi connectivity index (χ1) is 9.83. The standard InChI is InChI=1S/C17H15FN2/c18-13-8-5-12(6-9-13)16-15-10-7-11-3-1-2-4-14(11)17(15)20-19-16/h1-6,8-9,15-16,19H,7,10H2. The number of fused-ring (bicyclic) bond motifs is 3. The van der Waals surface area contributed by atoms with Crippen LogP contribution in [0.2, 0.25) is 0 Å². The van der Waals surface area contributed by atoms with Gasteiger partial charge in [-0.25, -0.2) is 4.39 Å². The lowest BCUT2D eigenvalue weighted by molar-refractivity contribution is 0.466. The Bertz CT molecular complexity index is 676. The van der Waals surface area contributed by atoms with Crippen LogP contribution in [0, 0.1) is 11.7 Å². The average molecular weight is 266 g/mol. The quantitative estimate of drug-likeness (QED) is 0.840. The van der Waals surface area contributed by atoms with Crippen molar-refractivity contribution >= 4 is 5.71 Å². The minimum atomic E-state index is -0.193. The summed E-state index contributed by atoms with van der Waals surface area (Å²) in [5, 5.41) is 4.55. The van der Waals surface area contributed by atoms with Crippen LogP contribution in [0.4, 0.5) is 4.39 Å². The van der Waals surface area contributed by atoms with Gasteiger partial charge in [-0.15, -0.1) is 0 Å². The van der Waals surface area contributed by atoms with Crippen molar-refractivity contribution in [3.05, 3.63) is 71.0 Å². The normalized spacial score (nSPS) is 23.6. The monoisotopic (exact) mass is 266 g/mol. The number of hydrogen-bond donors (Lipinski definition) is 1. The molecule has 1 aliphatic carbocycles. The van der Waals surface area contributed by atoms with Crippen LogP contribution in [0.15, 0.2) is 53.6 Å². The molecule has 2 unspecified atom stereocenters. The summed E-state index contributed by atoms with van der Waals surface area (Å²) in [7, 11) is 0. The summed E-state index contributed by atoms with van der Waals surface area (Å²) in [5.41, 5.74) is 8.14. The molecule has 20 heavy (non-hydrogen) atoms. The van der Waals surface area contributed by atoms with E-state index in [4.69, 9.17) is 0 Å². The zero-order valence-electron chi connectivity index (χ0n) is 11.0. The van der Waals surface area contributed by atoms with Crippen molar-refractivity contribution < 1.29 is 4.39 Å². The molecule has 0 saturated heterocycles.